The number of carbonyl (C=O) groups excluding carboxylic acids is 1. The third kappa shape index (κ3) is 1.54. The summed E-state index contributed by atoms with van der Waals surface area (Å²) in [5.74, 6) is -0.361. The van der Waals surface area contributed by atoms with E-state index < -0.39 is 5.60 Å². The van der Waals surface area contributed by atoms with Crippen molar-refractivity contribution >= 4 is 13.7 Å². The van der Waals surface area contributed by atoms with Crippen LogP contribution in [0.3, 0.4) is 0 Å². The minimum atomic E-state index is -1.12. The molecule has 0 saturated carbocycles. The summed E-state index contributed by atoms with van der Waals surface area (Å²) in [6.07, 6.45) is 0. The molecule has 0 unspecified atom stereocenters. The van der Waals surface area contributed by atoms with Crippen molar-refractivity contribution in [2.75, 3.05) is 0 Å². The monoisotopic (exact) mass is 238 g/mol. The van der Waals surface area contributed by atoms with Crippen LogP contribution in [0.25, 0.3) is 0 Å². The average molecular weight is 238 g/mol. The third-order valence-corrected chi connectivity index (χ3v) is 3.11. The summed E-state index contributed by atoms with van der Waals surface area (Å²) in [5.41, 5.74) is 0.458. The van der Waals surface area contributed by atoms with E-state index in [1.807, 2.05) is 60.7 Å². The molecule has 0 spiro atoms. The highest BCUT2D eigenvalue weighted by atomic mass is 16.7. The first kappa shape index (κ1) is 11.0. The molecule has 4 heteroatoms. The van der Waals surface area contributed by atoms with Crippen molar-refractivity contribution in [3.05, 3.63) is 71.8 Å². The van der Waals surface area contributed by atoms with Gasteiger partial charge in [0.2, 0.25) is 5.60 Å². The van der Waals surface area contributed by atoms with Crippen molar-refractivity contribution in [3.8, 4) is 0 Å². The van der Waals surface area contributed by atoms with Crippen LogP contribution in [0.1, 0.15) is 11.1 Å². The lowest BCUT2D eigenvalue weighted by Crippen LogP contribution is -2.34. The van der Waals surface area contributed by atoms with Crippen LogP contribution in [0.5, 0.6) is 0 Å². The van der Waals surface area contributed by atoms with Gasteiger partial charge in [0.1, 0.15) is 0 Å². The molecule has 0 bridgehead atoms. The second-order valence-corrected chi connectivity index (χ2v) is 4.11. The van der Waals surface area contributed by atoms with Gasteiger partial charge in [-0.05, 0) is 11.1 Å². The molecule has 0 aliphatic carbocycles. The van der Waals surface area contributed by atoms with Crippen molar-refractivity contribution in [1.82, 2.24) is 0 Å². The Bertz CT molecular complexity index is 514. The zero-order valence-corrected chi connectivity index (χ0v) is 9.71. The topological polar surface area (TPSA) is 35.5 Å². The molecule has 1 aliphatic rings. The smallest absolute Gasteiger partial charge is 0.509 e. The van der Waals surface area contributed by atoms with Gasteiger partial charge in [0.25, 0.3) is 0 Å². The fraction of sp³-hybridized carbons (Fsp3) is 0.0714. The van der Waals surface area contributed by atoms with E-state index in [4.69, 9.17) is 9.31 Å². The maximum absolute atomic E-state index is 12.1. The normalized spacial score (nSPS) is 17.0. The molecule has 18 heavy (non-hydrogen) atoms. The zero-order chi connectivity index (χ0) is 12.4. The predicted molar refractivity (Wildman–Crippen MR) is 68.0 cm³/mol. The van der Waals surface area contributed by atoms with E-state index in [0.29, 0.717) is 0 Å². The van der Waals surface area contributed by atoms with Gasteiger partial charge in [0.05, 0.1) is 0 Å². The van der Waals surface area contributed by atoms with Crippen LogP contribution in [-0.4, -0.2) is 13.7 Å². The van der Waals surface area contributed by atoms with Crippen molar-refractivity contribution in [2.45, 2.75) is 5.60 Å². The molecule has 2 aromatic carbocycles. The number of carbonyl (C=O) groups is 1. The highest BCUT2D eigenvalue weighted by molar-refractivity contribution is 6.27. The molecule has 0 N–H and O–H groups in total. The number of hydrogen-bond donors (Lipinski definition) is 0. The maximum Gasteiger partial charge on any atom is 0.510 e. The summed E-state index contributed by atoms with van der Waals surface area (Å²) in [6, 6.07) is 18.8. The van der Waals surface area contributed by atoms with E-state index in [1.165, 1.54) is 0 Å². The highest BCUT2D eigenvalue weighted by Crippen LogP contribution is 2.37. The number of benzene rings is 2. The van der Waals surface area contributed by atoms with Crippen molar-refractivity contribution in [1.29, 1.82) is 0 Å². The van der Waals surface area contributed by atoms with E-state index in [2.05, 4.69) is 0 Å². The summed E-state index contributed by atoms with van der Waals surface area (Å²) < 4.78 is 10.7. The lowest BCUT2D eigenvalue weighted by molar-refractivity contribution is -0.141. The molecule has 0 amide bonds. The molecule has 2 aromatic rings. The molecule has 3 rings (SSSR count). The fourth-order valence-corrected chi connectivity index (χ4v) is 2.25. The van der Waals surface area contributed by atoms with Gasteiger partial charge in [-0.15, -0.1) is 0 Å². The van der Waals surface area contributed by atoms with Crippen LogP contribution < -0.4 is 0 Å². The van der Waals surface area contributed by atoms with E-state index >= 15 is 0 Å². The van der Waals surface area contributed by atoms with Gasteiger partial charge in [-0.3, -0.25) is 0 Å². The Morgan fingerprint density at radius 2 is 1.33 bits per heavy atom. The Labute approximate surface area is 106 Å². The van der Waals surface area contributed by atoms with E-state index in [9.17, 15) is 4.79 Å². The van der Waals surface area contributed by atoms with Gasteiger partial charge >= 0.3 is 13.7 Å². The van der Waals surface area contributed by atoms with Crippen LogP contribution in [-0.2, 0) is 19.7 Å². The van der Waals surface area contributed by atoms with Crippen LogP contribution >= 0.6 is 0 Å². The molecule has 0 atom stereocenters. The van der Waals surface area contributed by atoms with Gasteiger partial charge in [-0.2, -0.15) is 0 Å². The largest absolute Gasteiger partial charge is 0.510 e. The van der Waals surface area contributed by atoms with Crippen molar-refractivity contribution in [2.24, 2.45) is 0 Å². The molecule has 1 fully saturated rings. The van der Waals surface area contributed by atoms with Crippen LogP contribution in [0, 0.1) is 0 Å². The van der Waals surface area contributed by atoms with Crippen LogP contribution in [0.15, 0.2) is 60.7 Å². The third-order valence-electron chi connectivity index (χ3n) is 3.11. The lowest BCUT2D eigenvalue weighted by Gasteiger charge is -2.25. The minimum Gasteiger partial charge on any atom is -0.509 e. The Hall–Kier alpha value is -2.07. The molecular weight excluding hydrogens is 227 g/mol. The summed E-state index contributed by atoms with van der Waals surface area (Å²) in [7, 11) is -0.0113. The van der Waals surface area contributed by atoms with Gasteiger partial charge in [0, 0.05) is 0 Å². The summed E-state index contributed by atoms with van der Waals surface area (Å²) in [6.45, 7) is 0. The van der Waals surface area contributed by atoms with Gasteiger partial charge in [-0.25, -0.2) is 4.79 Å². The van der Waals surface area contributed by atoms with Crippen molar-refractivity contribution < 1.29 is 14.1 Å². The van der Waals surface area contributed by atoms with E-state index in [1.54, 1.807) is 0 Å². The maximum atomic E-state index is 12.1. The first-order valence-corrected chi connectivity index (χ1v) is 5.76. The average Bonchev–Trinajstić information content (AvgIpc) is 2.84. The van der Waals surface area contributed by atoms with Gasteiger partial charge < -0.3 is 9.31 Å². The molecule has 1 heterocycles. The molecule has 0 aromatic heterocycles. The second kappa shape index (κ2) is 4.31. The highest BCUT2D eigenvalue weighted by Gasteiger charge is 2.49. The zero-order valence-electron chi connectivity index (χ0n) is 9.71. The number of rotatable bonds is 2. The Kier molecular flexibility index (Phi) is 2.65. The number of hydrogen-bond acceptors (Lipinski definition) is 3. The Morgan fingerprint density at radius 3 is 1.72 bits per heavy atom. The molecule has 1 saturated heterocycles. The fourth-order valence-electron chi connectivity index (χ4n) is 2.25. The quantitative estimate of drug-likeness (QED) is 0.748. The minimum absolute atomic E-state index is 0.0113. The lowest BCUT2D eigenvalue weighted by atomic mass is 9.86. The summed E-state index contributed by atoms with van der Waals surface area (Å²) in [4.78, 5) is 12.1. The molecule has 3 nitrogen and oxygen atoms in total. The summed E-state index contributed by atoms with van der Waals surface area (Å²) in [5, 5.41) is 0. The van der Waals surface area contributed by atoms with Crippen LogP contribution in [0.2, 0.25) is 0 Å². The Balaban J connectivity index is 2.20. The SMILES string of the molecule is O=C1OBOC1(c1ccccc1)c1ccccc1. The molecular formula is C14H11BO3. The van der Waals surface area contributed by atoms with Gasteiger partial charge in [0.15, 0.2) is 0 Å². The molecule has 1 aliphatic heterocycles. The summed E-state index contributed by atoms with van der Waals surface area (Å²) >= 11 is 0. The standard InChI is InChI=1S/C14H11BO3/c16-13-14(18-15-17-13,11-7-3-1-4-8-11)12-9-5-2-6-10-12/h1-10,15H. The first-order chi connectivity index (χ1) is 8.84. The van der Waals surface area contributed by atoms with E-state index in [-0.39, 0.29) is 13.7 Å². The predicted octanol–water partition coefficient (Wildman–Crippen LogP) is 1.77. The second-order valence-electron chi connectivity index (χ2n) is 4.11. The van der Waals surface area contributed by atoms with Crippen LogP contribution in [0.4, 0.5) is 0 Å². The first-order valence-electron chi connectivity index (χ1n) is 5.76. The van der Waals surface area contributed by atoms with E-state index in [0.717, 1.165) is 11.1 Å². The molecule has 88 valence electrons. The molecule has 0 radical (unpaired) electrons. The van der Waals surface area contributed by atoms with Crippen molar-refractivity contribution in [3.63, 3.8) is 0 Å². The van der Waals surface area contributed by atoms with Gasteiger partial charge in [-0.1, -0.05) is 60.7 Å². The Morgan fingerprint density at radius 1 is 0.833 bits per heavy atom.